The third-order valence-electron chi connectivity index (χ3n) is 3.96. The molecule has 0 saturated carbocycles. The van der Waals surface area contributed by atoms with Gasteiger partial charge in [0.25, 0.3) is 0 Å². The second-order valence-corrected chi connectivity index (χ2v) is 7.53. The number of nitrogens with zero attached hydrogens (tertiary/aromatic N) is 2. The summed E-state index contributed by atoms with van der Waals surface area (Å²) >= 11 is 3.07. The molecule has 2 aromatic heterocycles. The fraction of sp³-hybridized carbons (Fsp3) is 0.375. The van der Waals surface area contributed by atoms with Gasteiger partial charge in [-0.1, -0.05) is 6.07 Å². The summed E-state index contributed by atoms with van der Waals surface area (Å²) in [4.78, 5) is 16.2. The Kier molecular flexibility index (Phi) is 4.96. The van der Waals surface area contributed by atoms with Crippen molar-refractivity contribution in [3.63, 3.8) is 0 Å². The van der Waals surface area contributed by atoms with Crippen molar-refractivity contribution in [1.29, 1.82) is 5.26 Å². The minimum atomic E-state index is -0.515. The highest BCUT2D eigenvalue weighted by Crippen LogP contribution is 2.28. The van der Waals surface area contributed by atoms with E-state index in [9.17, 15) is 4.79 Å². The molecule has 23 heavy (non-hydrogen) atoms. The Morgan fingerprint density at radius 3 is 3.09 bits per heavy atom. The monoisotopic (exact) mass is 346 g/mol. The smallest absolute Gasteiger partial charge is 0.237 e. The maximum absolute atomic E-state index is 12.2. The molecule has 0 radical (unpaired) electrons. The number of nitrogens with two attached hydrogens (primary N) is 1. The number of carbonyl (C=O) groups excluding carboxylic acids is 1. The summed E-state index contributed by atoms with van der Waals surface area (Å²) in [6, 6.07) is 7.72. The summed E-state index contributed by atoms with van der Waals surface area (Å²) in [5, 5.41) is 16.1. The van der Waals surface area contributed by atoms with Crippen molar-refractivity contribution in [3.8, 4) is 6.07 Å². The Bertz CT molecular complexity index is 704. The van der Waals surface area contributed by atoms with Gasteiger partial charge in [-0.05, 0) is 29.3 Å². The molecule has 2 unspecified atom stereocenters. The van der Waals surface area contributed by atoms with Crippen molar-refractivity contribution in [3.05, 3.63) is 38.7 Å². The highest BCUT2D eigenvalue weighted by molar-refractivity contribution is 7.11. The van der Waals surface area contributed by atoms with Gasteiger partial charge in [-0.25, -0.2) is 0 Å². The minimum absolute atomic E-state index is 0.0864. The third kappa shape index (κ3) is 3.72. The fourth-order valence-corrected chi connectivity index (χ4v) is 4.25. The van der Waals surface area contributed by atoms with E-state index in [1.807, 2.05) is 29.0 Å². The SMILES string of the molecule is N#Cc1sccc1N1CCC(NC(=O)C(N)Cc2cccs2)C1. The Balaban J connectivity index is 1.53. The van der Waals surface area contributed by atoms with E-state index in [-0.39, 0.29) is 11.9 Å². The molecule has 0 aliphatic carbocycles. The second-order valence-electron chi connectivity index (χ2n) is 5.58. The normalized spacial score (nSPS) is 18.6. The quantitative estimate of drug-likeness (QED) is 0.867. The molecular formula is C16H18N4OS2. The average molecular weight is 346 g/mol. The van der Waals surface area contributed by atoms with Crippen LogP contribution in [0.3, 0.4) is 0 Å². The van der Waals surface area contributed by atoms with Crippen molar-refractivity contribution in [2.45, 2.75) is 24.9 Å². The van der Waals surface area contributed by atoms with Crippen molar-refractivity contribution < 1.29 is 4.79 Å². The van der Waals surface area contributed by atoms with Crippen molar-refractivity contribution in [2.75, 3.05) is 18.0 Å². The summed E-state index contributed by atoms with van der Waals surface area (Å²) in [5.74, 6) is -0.101. The molecule has 1 aliphatic heterocycles. The van der Waals surface area contributed by atoms with E-state index >= 15 is 0 Å². The number of anilines is 1. The van der Waals surface area contributed by atoms with Crippen molar-refractivity contribution >= 4 is 34.3 Å². The number of rotatable bonds is 5. The number of thiophene rings is 2. The lowest BCUT2D eigenvalue weighted by atomic mass is 10.1. The van der Waals surface area contributed by atoms with Crippen LogP contribution in [0.5, 0.6) is 0 Å². The minimum Gasteiger partial charge on any atom is -0.368 e. The molecule has 2 atom stereocenters. The van der Waals surface area contributed by atoms with Gasteiger partial charge in [-0.3, -0.25) is 4.79 Å². The summed E-state index contributed by atoms with van der Waals surface area (Å²) in [6.07, 6.45) is 1.45. The molecule has 1 amide bonds. The van der Waals surface area contributed by atoms with E-state index in [0.29, 0.717) is 6.42 Å². The van der Waals surface area contributed by atoms with E-state index in [0.717, 1.165) is 35.0 Å². The van der Waals surface area contributed by atoms with Crippen LogP contribution in [0.1, 0.15) is 16.2 Å². The zero-order chi connectivity index (χ0) is 16.2. The van der Waals surface area contributed by atoms with Crippen LogP contribution in [0.25, 0.3) is 0 Å². The molecule has 2 aromatic rings. The molecule has 0 aromatic carbocycles. The van der Waals surface area contributed by atoms with Gasteiger partial charge >= 0.3 is 0 Å². The van der Waals surface area contributed by atoms with Crippen LogP contribution in [0.4, 0.5) is 5.69 Å². The van der Waals surface area contributed by atoms with E-state index in [4.69, 9.17) is 11.0 Å². The summed E-state index contributed by atoms with van der Waals surface area (Å²) < 4.78 is 0. The van der Waals surface area contributed by atoms with Crippen LogP contribution in [-0.2, 0) is 11.2 Å². The van der Waals surface area contributed by atoms with Crippen molar-refractivity contribution in [1.82, 2.24) is 5.32 Å². The average Bonchev–Trinajstić information content (AvgIpc) is 3.27. The van der Waals surface area contributed by atoms with Crippen LogP contribution in [-0.4, -0.2) is 31.1 Å². The van der Waals surface area contributed by atoms with Crippen molar-refractivity contribution in [2.24, 2.45) is 5.73 Å². The Hall–Kier alpha value is -1.88. The van der Waals surface area contributed by atoms with E-state index in [1.165, 1.54) is 11.3 Å². The number of amides is 1. The molecule has 120 valence electrons. The summed E-state index contributed by atoms with van der Waals surface area (Å²) in [7, 11) is 0. The van der Waals surface area contributed by atoms with Crippen LogP contribution >= 0.6 is 22.7 Å². The molecule has 3 rings (SSSR count). The molecular weight excluding hydrogens is 328 g/mol. The van der Waals surface area contributed by atoms with Gasteiger partial charge in [0.2, 0.25) is 5.91 Å². The third-order valence-corrected chi connectivity index (χ3v) is 5.67. The zero-order valence-corrected chi connectivity index (χ0v) is 14.2. The number of hydrogen-bond donors (Lipinski definition) is 2. The topological polar surface area (TPSA) is 82.2 Å². The summed E-state index contributed by atoms with van der Waals surface area (Å²) in [6.45, 7) is 1.57. The highest BCUT2D eigenvalue weighted by atomic mass is 32.1. The molecule has 1 saturated heterocycles. The van der Waals surface area contributed by atoms with Crippen LogP contribution in [0.2, 0.25) is 0 Å². The Morgan fingerprint density at radius 2 is 2.35 bits per heavy atom. The molecule has 0 spiro atoms. The first-order chi connectivity index (χ1) is 11.2. The van der Waals surface area contributed by atoms with Gasteiger partial charge in [0.1, 0.15) is 10.9 Å². The van der Waals surface area contributed by atoms with Gasteiger partial charge < -0.3 is 16.0 Å². The standard InChI is InChI=1S/C16H18N4OS2/c17-9-15-14(4-7-23-15)20-5-3-11(10-20)19-16(21)13(18)8-12-2-1-6-22-12/h1-2,4,6-7,11,13H,3,5,8,10,18H2,(H,19,21). The number of nitriles is 1. The number of nitrogens with one attached hydrogen (secondary N) is 1. The lowest BCUT2D eigenvalue weighted by Crippen LogP contribution is -2.47. The predicted octanol–water partition coefficient (Wildman–Crippen LogP) is 1.95. The van der Waals surface area contributed by atoms with E-state index < -0.39 is 6.04 Å². The largest absolute Gasteiger partial charge is 0.368 e. The molecule has 7 heteroatoms. The Labute approximate surface area is 143 Å². The van der Waals surface area contributed by atoms with Crippen LogP contribution in [0, 0.1) is 11.3 Å². The Morgan fingerprint density at radius 1 is 1.48 bits per heavy atom. The first kappa shape index (κ1) is 16.0. The maximum Gasteiger partial charge on any atom is 0.237 e. The van der Waals surface area contributed by atoms with Gasteiger partial charge in [-0.2, -0.15) is 5.26 Å². The van der Waals surface area contributed by atoms with Crippen LogP contribution < -0.4 is 16.0 Å². The highest BCUT2D eigenvalue weighted by Gasteiger charge is 2.27. The van der Waals surface area contributed by atoms with Gasteiger partial charge in [0.05, 0.1) is 11.7 Å². The molecule has 3 N–H and O–H groups in total. The summed E-state index contributed by atoms with van der Waals surface area (Å²) in [5.41, 5.74) is 6.97. The van der Waals surface area contributed by atoms with Gasteiger partial charge in [0, 0.05) is 30.4 Å². The number of hydrogen-bond acceptors (Lipinski definition) is 6. The first-order valence-corrected chi connectivity index (χ1v) is 9.24. The van der Waals surface area contributed by atoms with Crippen LogP contribution in [0.15, 0.2) is 29.0 Å². The molecule has 1 aliphatic rings. The molecule has 5 nitrogen and oxygen atoms in total. The second kappa shape index (κ2) is 7.13. The fourth-order valence-electron chi connectivity index (χ4n) is 2.78. The number of carbonyl (C=O) groups is 1. The lowest BCUT2D eigenvalue weighted by Gasteiger charge is -2.19. The lowest BCUT2D eigenvalue weighted by molar-refractivity contribution is -0.122. The molecule has 1 fully saturated rings. The molecule has 0 bridgehead atoms. The maximum atomic E-state index is 12.2. The van der Waals surface area contributed by atoms with E-state index in [2.05, 4.69) is 16.3 Å². The molecule has 3 heterocycles. The predicted molar refractivity (Wildman–Crippen MR) is 93.8 cm³/mol. The van der Waals surface area contributed by atoms with E-state index in [1.54, 1.807) is 11.3 Å². The zero-order valence-electron chi connectivity index (χ0n) is 12.6. The van der Waals surface area contributed by atoms with Gasteiger partial charge in [-0.15, -0.1) is 22.7 Å². The van der Waals surface area contributed by atoms with Gasteiger partial charge in [0.15, 0.2) is 0 Å². The first-order valence-electron chi connectivity index (χ1n) is 7.48.